The maximum absolute atomic E-state index is 14.2. The summed E-state index contributed by atoms with van der Waals surface area (Å²) in [4.78, 5) is 22.8. The van der Waals surface area contributed by atoms with E-state index >= 15 is 0 Å². The molecular formula is C24H18ClFN4O2. The largest absolute Gasteiger partial charge is 0.382 e. The fourth-order valence-corrected chi connectivity index (χ4v) is 4.00. The molecule has 1 amide bonds. The maximum atomic E-state index is 14.2. The van der Waals surface area contributed by atoms with Gasteiger partial charge < -0.3 is 9.40 Å². The first-order valence-corrected chi connectivity index (χ1v) is 10.4. The molecule has 4 aromatic rings. The molecule has 160 valence electrons. The van der Waals surface area contributed by atoms with Crippen LogP contribution in [0, 0.1) is 5.82 Å². The summed E-state index contributed by atoms with van der Waals surface area (Å²) in [5.41, 5.74) is 3.19. The van der Waals surface area contributed by atoms with Crippen molar-refractivity contribution in [3.05, 3.63) is 94.8 Å². The molecule has 2 heterocycles. The maximum Gasteiger partial charge on any atom is 0.271 e. The minimum Gasteiger partial charge on any atom is -0.382 e. The van der Waals surface area contributed by atoms with E-state index in [1.807, 2.05) is 59.2 Å². The highest BCUT2D eigenvalue weighted by atomic mass is 35.5. The Morgan fingerprint density at radius 1 is 1.09 bits per heavy atom. The average Bonchev–Trinajstić information content (AvgIpc) is 3.40. The van der Waals surface area contributed by atoms with Crippen LogP contribution in [0.25, 0.3) is 11.0 Å². The van der Waals surface area contributed by atoms with Crippen molar-refractivity contribution in [1.29, 1.82) is 0 Å². The zero-order chi connectivity index (χ0) is 22.1. The van der Waals surface area contributed by atoms with Crippen LogP contribution in [0.15, 0.2) is 78.0 Å². The third kappa shape index (κ3) is 3.83. The van der Waals surface area contributed by atoms with Crippen molar-refractivity contribution in [2.75, 3.05) is 5.32 Å². The quantitative estimate of drug-likeness (QED) is 0.466. The van der Waals surface area contributed by atoms with Gasteiger partial charge in [-0.2, -0.15) is 0 Å². The van der Waals surface area contributed by atoms with Gasteiger partial charge in [0, 0.05) is 6.42 Å². The highest BCUT2D eigenvalue weighted by molar-refractivity contribution is 6.34. The number of hydrogen-bond donors (Lipinski definition) is 1. The molecule has 1 aromatic heterocycles. The van der Waals surface area contributed by atoms with Gasteiger partial charge >= 0.3 is 0 Å². The van der Waals surface area contributed by atoms with E-state index < -0.39 is 17.8 Å². The molecule has 6 nitrogen and oxygen atoms in total. The molecule has 1 unspecified atom stereocenters. The minimum absolute atomic E-state index is 0.103. The van der Waals surface area contributed by atoms with Crippen LogP contribution in [-0.2, 0) is 16.2 Å². The van der Waals surface area contributed by atoms with Gasteiger partial charge in [0.25, 0.3) is 5.91 Å². The van der Waals surface area contributed by atoms with Gasteiger partial charge in [0.15, 0.2) is 0 Å². The van der Waals surface area contributed by atoms with E-state index in [-0.39, 0.29) is 17.0 Å². The Morgan fingerprint density at radius 2 is 1.88 bits per heavy atom. The second kappa shape index (κ2) is 8.43. The lowest BCUT2D eigenvalue weighted by Crippen LogP contribution is -2.29. The van der Waals surface area contributed by atoms with Crippen molar-refractivity contribution in [3.8, 4) is 0 Å². The van der Waals surface area contributed by atoms with Gasteiger partial charge in [-0.05, 0) is 29.8 Å². The fourth-order valence-electron chi connectivity index (χ4n) is 3.73. The molecule has 1 aliphatic rings. The van der Waals surface area contributed by atoms with Crippen LogP contribution in [0.4, 0.5) is 10.3 Å². The number of hydrogen-bond acceptors (Lipinski definition) is 4. The second-order valence-corrected chi connectivity index (χ2v) is 7.83. The Balaban J connectivity index is 1.38. The monoisotopic (exact) mass is 448 g/mol. The number of carbonyl (C=O) groups excluding carboxylic acids is 1. The zero-order valence-corrected chi connectivity index (χ0v) is 17.6. The number of rotatable bonds is 5. The van der Waals surface area contributed by atoms with E-state index in [9.17, 15) is 9.18 Å². The first-order valence-electron chi connectivity index (χ1n) is 10.1. The number of nitrogens with zero attached hydrogens (tertiary/aromatic N) is 3. The number of fused-ring (bicyclic) bond motifs is 1. The number of oxime groups is 1. The molecule has 1 aliphatic heterocycles. The summed E-state index contributed by atoms with van der Waals surface area (Å²) in [7, 11) is 0. The lowest BCUT2D eigenvalue weighted by molar-refractivity contribution is -0.125. The molecular weight excluding hydrogens is 431 g/mol. The highest BCUT2D eigenvalue weighted by Crippen LogP contribution is 2.27. The van der Waals surface area contributed by atoms with Gasteiger partial charge in [0.1, 0.15) is 5.82 Å². The number of carbonyl (C=O) groups is 1. The standard InChI is InChI=1S/C24H18ClFN4O2/c25-16-9-6-10-17(26)22(16)19-13-21(32-29-19)23(31)28-24-27-18-11-4-5-12-20(18)30(24)14-15-7-2-1-3-8-15/h1-12,21H,13-14H2,(H,27,28,31). The molecule has 0 aliphatic carbocycles. The van der Waals surface area contributed by atoms with Gasteiger partial charge in [-0.15, -0.1) is 0 Å². The number of imidazole rings is 1. The van der Waals surface area contributed by atoms with Gasteiger partial charge in [0.2, 0.25) is 12.1 Å². The first kappa shape index (κ1) is 20.2. The average molecular weight is 449 g/mol. The summed E-state index contributed by atoms with van der Waals surface area (Å²) in [6.45, 7) is 0.537. The molecule has 0 fully saturated rings. The molecule has 8 heteroatoms. The van der Waals surface area contributed by atoms with E-state index in [0.717, 1.165) is 16.6 Å². The Kier molecular flexibility index (Phi) is 5.33. The van der Waals surface area contributed by atoms with Gasteiger partial charge in [-0.3, -0.25) is 10.1 Å². The Bertz CT molecular complexity index is 1320. The zero-order valence-electron chi connectivity index (χ0n) is 16.8. The molecule has 1 atom stereocenters. The summed E-state index contributed by atoms with van der Waals surface area (Å²) in [5.74, 6) is -0.521. The molecule has 32 heavy (non-hydrogen) atoms. The van der Waals surface area contributed by atoms with Crippen molar-refractivity contribution in [1.82, 2.24) is 9.55 Å². The minimum atomic E-state index is -0.911. The van der Waals surface area contributed by atoms with Crippen LogP contribution in [0.5, 0.6) is 0 Å². The molecule has 1 N–H and O–H groups in total. The van der Waals surface area contributed by atoms with E-state index in [1.165, 1.54) is 12.1 Å². The Labute approximate surface area is 188 Å². The van der Waals surface area contributed by atoms with Gasteiger partial charge in [-0.1, -0.05) is 65.3 Å². The first-order chi connectivity index (χ1) is 15.6. The van der Waals surface area contributed by atoms with Crippen molar-refractivity contribution in [2.24, 2.45) is 5.16 Å². The molecule has 0 spiro atoms. The van der Waals surface area contributed by atoms with Crippen LogP contribution < -0.4 is 5.32 Å². The number of amides is 1. The van der Waals surface area contributed by atoms with Crippen molar-refractivity contribution in [2.45, 2.75) is 19.1 Å². The third-order valence-corrected chi connectivity index (χ3v) is 5.60. The lowest BCUT2D eigenvalue weighted by atomic mass is 10.0. The number of anilines is 1. The summed E-state index contributed by atoms with van der Waals surface area (Å²) in [6, 6.07) is 21.9. The van der Waals surface area contributed by atoms with E-state index in [2.05, 4.69) is 15.5 Å². The predicted octanol–water partition coefficient (Wildman–Crippen LogP) is 5.01. The smallest absolute Gasteiger partial charge is 0.271 e. The van der Waals surface area contributed by atoms with Crippen LogP contribution >= 0.6 is 11.6 Å². The number of para-hydroxylation sites is 2. The SMILES string of the molecule is O=C(Nc1nc2ccccc2n1Cc1ccccc1)C1CC(c2c(F)cccc2Cl)=NO1. The van der Waals surface area contributed by atoms with E-state index in [0.29, 0.717) is 18.2 Å². The van der Waals surface area contributed by atoms with Crippen LogP contribution in [0.3, 0.4) is 0 Å². The van der Waals surface area contributed by atoms with Gasteiger partial charge in [0.05, 0.1) is 33.9 Å². The molecule has 5 rings (SSSR count). The Hall–Kier alpha value is -3.71. The lowest BCUT2D eigenvalue weighted by Gasteiger charge is -2.12. The topological polar surface area (TPSA) is 68.5 Å². The van der Waals surface area contributed by atoms with Crippen LogP contribution in [0.2, 0.25) is 5.02 Å². The number of benzene rings is 3. The third-order valence-electron chi connectivity index (χ3n) is 5.29. The summed E-state index contributed by atoms with van der Waals surface area (Å²) >= 11 is 6.12. The fraction of sp³-hybridized carbons (Fsp3) is 0.125. The number of halogens is 2. The Morgan fingerprint density at radius 3 is 2.69 bits per heavy atom. The van der Waals surface area contributed by atoms with E-state index in [1.54, 1.807) is 6.07 Å². The van der Waals surface area contributed by atoms with Gasteiger partial charge in [-0.25, -0.2) is 9.37 Å². The van der Waals surface area contributed by atoms with E-state index in [4.69, 9.17) is 16.4 Å². The number of nitrogens with one attached hydrogen (secondary N) is 1. The molecule has 0 saturated heterocycles. The molecule has 0 saturated carbocycles. The van der Waals surface area contributed by atoms with Crippen molar-refractivity contribution < 1.29 is 14.0 Å². The van der Waals surface area contributed by atoms with Crippen molar-refractivity contribution in [3.63, 3.8) is 0 Å². The normalized spacial score (nSPS) is 15.4. The molecule has 3 aromatic carbocycles. The predicted molar refractivity (Wildman–Crippen MR) is 121 cm³/mol. The molecule has 0 bridgehead atoms. The van der Waals surface area contributed by atoms with Crippen molar-refractivity contribution >= 4 is 40.2 Å². The summed E-state index contributed by atoms with van der Waals surface area (Å²) in [6.07, 6.45) is -0.809. The van der Waals surface area contributed by atoms with Crippen LogP contribution in [0.1, 0.15) is 17.5 Å². The summed E-state index contributed by atoms with van der Waals surface area (Å²) in [5, 5.41) is 6.98. The highest BCUT2D eigenvalue weighted by Gasteiger charge is 2.32. The number of aromatic nitrogens is 2. The molecule has 0 radical (unpaired) electrons. The van der Waals surface area contributed by atoms with Crippen LogP contribution in [-0.4, -0.2) is 27.3 Å². The second-order valence-electron chi connectivity index (χ2n) is 7.42. The summed E-state index contributed by atoms with van der Waals surface area (Å²) < 4.78 is 16.2.